The molecule has 0 unspecified atom stereocenters. The molecule has 0 aromatic heterocycles. The van der Waals surface area contributed by atoms with Crippen molar-refractivity contribution in [3.8, 4) is 0 Å². The van der Waals surface area contributed by atoms with E-state index in [1.54, 1.807) is 0 Å². The van der Waals surface area contributed by atoms with Crippen LogP contribution in [0.3, 0.4) is 0 Å². The van der Waals surface area contributed by atoms with E-state index in [-0.39, 0.29) is 12.0 Å². The van der Waals surface area contributed by atoms with Gasteiger partial charge in [0.25, 0.3) is 0 Å². The molecule has 1 aromatic rings. The number of ether oxygens (including phenoxy) is 1. The smallest absolute Gasteiger partial charge is 0.323 e. The summed E-state index contributed by atoms with van der Waals surface area (Å²) < 4.78 is 5.38. The molecule has 1 aromatic carbocycles. The highest BCUT2D eigenvalue weighted by Gasteiger charge is 2.40. The highest BCUT2D eigenvalue weighted by molar-refractivity contribution is 5.76. The number of carbonyl (C=O) groups excluding carboxylic acids is 1. The van der Waals surface area contributed by atoms with Crippen molar-refractivity contribution < 1.29 is 9.53 Å². The predicted octanol–water partition coefficient (Wildman–Crippen LogP) is 2.26. The SMILES string of the molecule is O=C(OCc1ccccc1)[C@H]1C[C@H]2CCC[C@@H]2N1. The van der Waals surface area contributed by atoms with Crippen LogP contribution in [0.2, 0.25) is 0 Å². The first-order chi connectivity index (χ1) is 8.83. The average molecular weight is 245 g/mol. The Morgan fingerprint density at radius 1 is 1.28 bits per heavy atom. The van der Waals surface area contributed by atoms with E-state index < -0.39 is 0 Å². The zero-order chi connectivity index (χ0) is 12.4. The second kappa shape index (κ2) is 5.11. The predicted molar refractivity (Wildman–Crippen MR) is 68.9 cm³/mol. The Morgan fingerprint density at radius 3 is 2.89 bits per heavy atom. The van der Waals surface area contributed by atoms with Crippen molar-refractivity contribution in [2.24, 2.45) is 5.92 Å². The summed E-state index contributed by atoms with van der Waals surface area (Å²) in [5.41, 5.74) is 1.05. The topological polar surface area (TPSA) is 38.3 Å². The Bertz CT molecular complexity index is 406. The van der Waals surface area contributed by atoms with Gasteiger partial charge in [-0.2, -0.15) is 0 Å². The molecule has 2 fully saturated rings. The third-order valence-corrected chi connectivity index (χ3v) is 4.12. The second-order valence-corrected chi connectivity index (χ2v) is 5.35. The fourth-order valence-electron chi connectivity index (χ4n) is 3.16. The lowest BCUT2D eigenvalue weighted by atomic mass is 10.0. The minimum absolute atomic E-state index is 0.0796. The van der Waals surface area contributed by atoms with E-state index >= 15 is 0 Å². The van der Waals surface area contributed by atoms with Crippen LogP contribution < -0.4 is 5.32 Å². The number of nitrogens with one attached hydrogen (secondary N) is 1. The molecule has 0 amide bonds. The molecule has 1 aliphatic heterocycles. The van der Waals surface area contributed by atoms with Crippen LogP contribution in [0.4, 0.5) is 0 Å². The number of hydrogen-bond donors (Lipinski definition) is 1. The van der Waals surface area contributed by atoms with E-state index in [0.29, 0.717) is 18.6 Å². The van der Waals surface area contributed by atoms with E-state index in [0.717, 1.165) is 12.0 Å². The Hall–Kier alpha value is -1.35. The van der Waals surface area contributed by atoms with Crippen LogP contribution in [-0.2, 0) is 16.1 Å². The van der Waals surface area contributed by atoms with Gasteiger partial charge in [-0.25, -0.2) is 0 Å². The van der Waals surface area contributed by atoms with E-state index in [4.69, 9.17) is 4.74 Å². The first kappa shape index (κ1) is 11.7. The zero-order valence-electron chi connectivity index (χ0n) is 10.5. The van der Waals surface area contributed by atoms with Crippen LogP contribution in [-0.4, -0.2) is 18.1 Å². The first-order valence-electron chi connectivity index (χ1n) is 6.79. The molecule has 1 heterocycles. The highest BCUT2D eigenvalue weighted by atomic mass is 16.5. The van der Waals surface area contributed by atoms with Crippen molar-refractivity contribution in [3.63, 3.8) is 0 Å². The van der Waals surface area contributed by atoms with Crippen molar-refractivity contribution >= 4 is 5.97 Å². The molecule has 0 radical (unpaired) electrons. The fourth-order valence-corrected chi connectivity index (χ4v) is 3.16. The van der Waals surface area contributed by atoms with Crippen molar-refractivity contribution in [2.45, 2.75) is 44.4 Å². The van der Waals surface area contributed by atoms with Crippen LogP contribution in [0.5, 0.6) is 0 Å². The molecule has 3 nitrogen and oxygen atoms in total. The maximum atomic E-state index is 12.0. The molecule has 1 saturated carbocycles. The molecule has 0 bridgehead atoms. The van der Waals surface area contributed by atoms with Gasteiger partial charge in [0, 0.05) is 6.04 Å². The maximum absolute atomic E-state index is 12.0. The number of fused-ring (bicyclic) bond motifs is 1. The third kappa shape index (κ3) is 2.41. The summed E-state index contributed by atoms with van der Waals surface area (Å²) in [7, 11) is 0. The number of hydrogen-bond acceptors (Lipinski definition) is 3. The molecular weight excluding hydrogens is 226 g/mol. The standard InChI is InChI=1S/C15H19NO2/c17-15(18-10-11-5-2-1-3-6-11)14-9-12-7-4-8-13(12)16-14/h1-3,5-6,12-14,16H,4,7-10H2/t12-,13+,14-/m1/s1. The molecule has 3 atom stereocenters. The summed E-state index contributed by atoms with van der Waals surface area (Å²) in [5.74, 6) is 0.604. The van der Waals surface area contributed by atoms with Gasteiger partial charge < -0.3 is 10.1 Å². The van der Waals surface area contributed by atoms with Crippen LogP contribution in [0.15, 0.2) is 30.3 Å². The summed E-state index contributed by atoms with van der Waals surface area (Å²) in [6, 6.07) is 10.3. The quantitative estimate of drug-likeness (QED) is 0.830. The summed E-state index contributed by atoms with van der Waals surface area (Å²) in [4.78, 5) is 12.0. The number of rotatable bonds is 3. The average Bonchev–Trinajstić information content (AvgIpc) is 2.98. The van der Waals surface area contributed by atoms with Crippen LogP contribution in [0.25, 0.3) is 0 Å². The summed E-state index contributed by atoms with van der Waals surface area (Å²) in [6.45, 7) is 0.382. The number of esters is 1. The lowest BCUT2D eigenvalue weighted by Crippen LogP contribution is -2.36. The molecule has 0 spiro atoms. The Balaban J connectivity index is 1.50. The van der Waals surface area contributed by atoms with E-state index in [2.05, 4.69) is 5.32 Å². The van der Waals surface area contributed by atoms with E-state index in [1.165, 1.54) is 19.3 Å². The van der Waals surface area contributed by atoms with Crippen molar-refractivity contribution in [3.05, 3.63) is 35.9 Å². The molecular formula is C15H19NO2. The summed E-state index contributed by atoms with van der Waals surface area (Å²) in [6.07, 6.45) is 4.74. The minimum Gasteiger partial charge on any atom is -0.460 e. The number of benzene rings is 1. The highest BCUT2D eigenvalue weighted by Crippen LogP contribution is 2.34. The largest absolute Gasteiger partial charge is 0.460 e. The second-order valence-electron chi connectivity index (χ2n) is 5.35. The Morgan fingerprint density at radius 2 is 2.11 bits per heavy atom. The zero-order valence-corrected chi connectivity index (χ0v) is 10.5. The van der Waals surface area contributed by atoms with Crippen LogP contribution in [0.1, 0.15) is 31.2 Å². The first-order valence-corrected chi connectivity index (χ1v) is 6.79. The minimum atomic E-state index is -0.0896. The van der Waals surface area contributed by atoms with Crippen molar-refractivity contribution in [1.82, 2.24) is 5.32 Å². The van der Waals surface area contributed by atoms with Crippen molar-refractivity contribution in [2.75, 3.05) is 0 Å². The molecule has 96 valence electrons. The van der Waals surface area contributed by atoms with Gasteiger partial charge in [0.2, 0.25) is 0 Å². The summed E-state index contributed by atoms with van der Waals surface area (Å²) in [5, 5.41) is 3.41. The van der Waals surface area contributed by atoms with Gasteiger partial charge in [0.1, 0.15) is 12.6 Å². The lowest BCUT2D eigenvalue weighted by Gasteiger charge is -2.12. The lowest BCUT2D eigenvalue weighted by molar-refractivity contribution is -0.147. The Labute approximate surface area is 108 Å². The fraction of sp³-hybridized carbons (Fsp3) is 0.533. The molecule has 3 rings (SSSR count). The van der Waals surface area contributed by atoms with E-state index in [9.17, 15) is 4.79 Å². The van der Waals surface area contributed by atoms with Gasteiger partial charge in [-0.3, -0.25) is 4.79 Å². The summed E-state index contributed by atoms with van der Waals surface area (Å²) >= 11 is 0. The normalized spacial score (nSPS) is 30.1. The molecule has 1 aliphatic carbocycles. The van der Waals surface area contributed by atoms with Gasteiger partial charge in [-0.05, 0) is 30.7 Å². The van der Waals surface area contributed by atoms with Gasteiger partial charge >= 0.3 is 5.97 Å². The van der Waals surface area contributed by atoms with Crippen LogP contribution >= 0.6 is 0 Å². The van der Waals surface area contributed by atoms with Gasteiger partial charge in [-0.1, -0.05) is 36.8 Å². The van der Waals surface area contributed by atoms with Gasteiger partial charge in [0.15, 0.2) is 0 Å². The monoisotopic (exact) mass is 245 g/mol. The maximum Gasteiger partial charge on any atom is 0.323 e. The van der Waals surface area contributed by atoms with Gasteiger partial charge in [0.05, 0.1) is 0 Å². The van der Waals surface area contributed by atoms with E-state index in [1.807, 2.05) is 30.3 Å². The molecule has 1 N–H and O–H groups in total. The molecule has 18 heavy (non-hydrogen) atoms. The van der Waals surface area contributed by atoms with Crippen LogP contribution in [0, 0.1) is 5.92 Å². The Kier molecular flexibility index (Phi) is 3.33. The van der Waals surface area contributed by atoms with Crippen molar-refractivity contribution in [1.29, 1.82) is 0 Å². The van der Waals surface area contributed by atoms with Gasteiger partial charge in [-0.15, -0.1) is 0 Å². The molecule has 1 saturated heterocycles. The third-order valence-electron chi connectivity index (χ3n) is 4.12. The number of carbonyl (C=O) groups is 1. The molecule has 3 heteroatoms. The molecule has 2 aliphatic rings.